The number of furan rings is 1. The van der Waals surface area contributed by atoms with Crippen LogP contribution in [0.5, 0.6) is 0 Å². The van der Waals surface area contributed by atoms with Crippen molar-refractivity contribution in [1.82, 2.24) is 0 Å². The molecule has 31 heavy (non-hydrogen) atoms. The van der Waals surface area contributed by atoms with Crippen LogP contribution in [0.2, 0.25) is 0 Å². The summed E-state index contributed by atoms with van der Waals surface area (Å²) < 4.78 is 6.12. The van der Waals surface area contributed by atoms with Gasteiger partial charge >= 0.3 is 0 Å². The fourth-order valence-corrected chi connectivity index (χ4v) is 4.08. The van der Waals surface area contributed by atoms with Gasteiger partial charge in [0, 0.05) is 23.2 Å². The second-order valence-electron chi connectivity index (χ2n) is 9.16. The molecule has 1 heterocycles. The molecular weight excluding hydrogens is 386 g/mol. The molecule has 5 heteroatoms. The van der Waals surface area contributed by atoms with Crippen LogP contribution in [-0.2, 0) is 6.42 Å². The van der Waals surface area contributed by atoms with Crippen LogP contribution in [0.15, 0.2) is 58.0 Å². The molecule has 0 radical (unpaired) electrons. The molecule has 0 unspecified atom stereocenters. The highest BCUT2D eigenvalue weighted by atomic mass is 16.4. The van der Waals surface area contributed by atoms with Gasteiger partial charge in [0.1, 0.15) is 5.76 Å². The number of hydrogen-bond donors (Lipinski definition) is 2. The Kier molecular flexibility index (Phi) is 5.44. The number of carbonyl (C=O) groups is 1. The van der Waals surface area contributed by atoms with E-state index in [0.29, 0.717) is 5.76 Å². The van der Waals surface area contributed by atoms with Gasteiger partial charge < -0.3 is 9.73 Å². The van der Waals surface area contributed by atoms with E-state index in [2.05, 4.69) is 31.5 Å². The number of hydrogen-bond acceptors (Lipinski definition) is 4. The molecule has 4 rings (SSSR count). The largest absolute Gasteiger partial charge is 0.455 e. The summed E-state index contributed by atoms with van der Waals surface area (Å²) in [5.74, 6) is 0.948. The molecule has 1 aliphatic carbocycles. The molecule has 2 aromatic carbocycles. The van der Waals surface area contributed by atoms with Gasteiger partial charge in [-0.1, -0.05) is 38.1 Å². The summed E-state index contributed by atoms with van der Waals surface area (Å²) in [6.45, 7) is 10.4. The van der Waals surface area contributed by atoms with E-state index >= 15 is 0 Å². The maximum Gasteiger partial charge on any atom is 0.291 e. The topological polar surface area (TPSA) is 66.6 Å². The number of rotatable bonds is 4. The first kappa shape index (κ1) is 20.9. The third kappa shape index (κ3) is 4.41. The summed E-state index contributed by atoms with van der Waals surface area (Å²) in [5.41, 5.74) is 9.87. The number of carbonyl (C=O) groups excluding carboxylic acids is 1. The number of para-hydroxylation sites is 1. The van der Waals surface area contributed by atoms with E-state index in [-0.39, 0.29) is 11.3 Å². The van der Waals surface area contributed by atoms with Gasteiger partial charge in [-0.2, -0.15) is 5.10 Å². The zero-order chi connectivity index (χ0) is 22.2. The fourth-order valence-electron chi connectivity index (χ4n) is 4.08. The van der Waals surface area contributed by atoms with Crippen LogP contribution in [0.3, 0.4) is 0 Å². The Morgan fingerprint density at radius 3 is 2.42 bits per heavy atom. The van der Waals surface area contributed by atoms with Crippen LogP contribution in [0, 0.1) is 26.2 Å². The molecule has 2 N–H and O–H groups in total. The molecule has 0 saturated heterocycles. The minimum absolute atomic E-state index is 0.00366. The molecule has 0 bridgehead atoms. The highest BCUT2D eigenvalue weighted by Crippen LogP contribution is 2.39. The van der Waals surface area contributed by atoms with E-state index in [1.54, 1.807) is 0 Å². The van der Waals surface area contributed by atoms with E-state index < -0.39 is 0 Å². The molecule has 160 valence electrons. The lowest BCUT2D eigenvalue weighted by molar-refractivity contribution is 0.0993. The van der Waals surface area contributed by atoms with Gasteiger partial charge in [0.2, 0.25) is 0 Å². The van der Waals surface area contributed by atoms with Gasteiger partial charge in [-0.3, -0.25) is 10.2 Å². The lowest BCUT2D eigenvalue weighted by Crippen LogP contribution is -2.27. The Morgan fingerprint density at radius 1 is 0.968 bits per heavy atom. The normalized spacial score (nSPS) is 16.1. The van der Waals surface area contributed by atoms with Crippen molar-refractivity contribution in [1.29, 1.82) is 0 Å². The number of aryl methyl sites for hydroxylation is 2. The van der Waals surface area contributed by atoms with E-state index in [1.165, 1.54) is 5.56 Å². The third-order valence-corrected chi connectivity index (χ3v) is 5.86. The zero-order valence-corrected chi connectivity index (χ0v) is 18.8. The van der Waals surface area contributed by atoms with Crippen molar-refractivity contribution >= 4 is 23.0 Å². The van der Waals surface area contributed by atoms with Crippen molar-refractivity contribution in [2.45, 2.75) is 47.5 Å². The van der Waals surface area contributed by atoms with Gasteiger partial charge in [-0.25, -0.2) is 0 Å². The van der Waals surface area contributed by atoms with Gasteiger partial charge in [-0.05, 0) is 68.0 Å². The molecule has 5 nitrogen and oxygen atoms in total. The van der Waals surface area contributed by atoms with E-state index in [0.717, 1.165) is 52.4 Å². The summed E-state index contributed by atoms with van der Waals surface area (Å²) in [6.07, 6.45) is 1.57. The van der Waals surface area contributed by atoms with Crippen LogP contribution < -0.4 is 10.7 Å². The molecule has 3 aromatic rings. The first-order chi connectivity index (χ1) is 14.7. The van der Waals surface area contributed by atoms with Crippen molar-refractivity contribution in [2.75, 3.05) is 10.7 Å². The molecule has 0 saturated carbocycles. The predicted octanol–water partition coefficient (Wildman–Crippen LogP) is 6.25. The lowest BCUT2D eigenvalue weighted by atomic mass is 9.75. The maximum absolute atomic E-state index is 13.0. The van der Waals surface area contributed by atoms with Crippen molar-refractivity contribution in [3.8, 4) is 0 Å². The Balaban J connectivity index is 1.66. The van der Waals surface area contributed by atoms with Gasteiger partial charge in [-0.15, -0.1) is 0 Å². The van der Waals surface area contributed by atoms with Crippen molar-refractivity contribution < 1.29 is 9.21 Å². The average Bonchev–Trinajstić information content (AvgIpc) is 3.05. The second-order valence-corrected chi connectivity index (χ2v) is 9.16. The number of nitrogens with zero attached hydrogens (tertiary/aromatic N) is 1. The monoisotopic (exact) mass is 415 g/mol. The van der Waals surface area contributed by atoms with Crippen LogP contribution in [0.25, 0.3) is 0 Å². The number of benzene rings is 2. The molecule has 0 spiro atoms. The van der Waals surface area contributed by atoms with Crippen molar-refractivity contribution in [2.24, 2.45) is 10.5 Å². The summed E-state index contributed by atoms with van der Waals surface area (Å²) in [5, 5.41) is 7.69. The highest BCUT2D eigenvalue weighted by molar-refractivity contribution is 6.09. The Bertz CT molecular complexity index is 1160. The van der Waals surface area contributed by atoms with Crippen LogP contribution in [0.4, 0.5) is 11.4 Å². The van der Waals surface area contributed by atoms with Crippen molar-refractivity contribution in [3.63, 3.8) is 0 Å². The Morgan fingerprint density at radius 2 is 1.71 bits per heavy atom. The molecule has 0 fully saturated rings. The standard InChI is InChI=1S/C26H29N3O2/c1-16-11-12-20(13-17(16)2)27-25(30)24-18(3)23-21(14-26(4,5)15-22(23)31-24)29-28-19-9-7-6-8-10-19/h6-13,28H,14-15H2,1-5H3,(H,27,30)/b29-21-. The van der Waals surface area contributed by atoms with E-state index in [9.17, 15) is 4.79 Å². The quantitative estimate of drug-likeness (QED) is 0.495. The first-order valence-corrected chi connectivity index (χ1v) is 10.6. The average molecular weight is 416 g/mol. The lowest BCUT2D eigenvalue weighted by Gasteiger charge is -2.29. The van der Waals surface area contributed by atoms with Gasteiger partial charge in [0.15, 0.2) is 5.76 Å². The highest BCUT2D eigenvalue weighted by Gasteiger charge is 2.36. The molecule has 1 aromatic heterocycles. The van der Waals surface area contributed by atoms with E-state index in [4.69, 9.17) is 9.52 Å². The second kappa shape index (κ2) is 8.06. The summed E-state index contributed by atoms with van der Waals surface area (Å²) in [4.78, 5) is 13.0. The zero-order valence-electron chi connectivity index (χ0n) is 18.8. The Hall–Kier alpha value is -3.34. The summed E-state index contributed by atoms with van der Waals surface area (Å²) >= 11 is 0. The van der Waals surface area contributed by atoms with Crippen LogP contribution in [-0.4, -0.2) is 11.6 Å². The maximum atomic E-state index is 13.0. The molecular formula is C26H29N3O2. The van der Waals surface area contributed by atoms with Gasteiger partial charge in [0.05, 0.1) is 11.4 Å². The Labute approximate surface area is 183 Å². The number of fused-ring (bicyclic) bond motifs is 1. The summed E-state index contributed by atoms with van der Waals surface area (Å²) in [6, 6.07) is 15.8. The van der Waals surface area contributed by atoms with Crippen LogP contribution in [0.1, 0.15) is 58.8 Å². The SMILES string of the molecule is Cc1ccc(NC(=O)c2oc3c(c2C)/C(=N\Nc2ccccc2)CC(C)(C)C3)cc1C. The predicted molar refractivity (Wildman–Crippen MR) is 126 cm³/mol. The first-order valence-electron chi connectivity index (χ1n) is 10.6. The minimum atomic E-state index is -0.233. The molecule has 1 amide bonds. The van der Waals surface area contributed by atoms with Crippen LogP contribution >= 0.6 is 0 Å². The number of nitrogens with one attached hydrogen (secondary N) is 2. The molecule has 1 aliphatic rings. The number of anilines is 2. The number of hydrazone groups is 1. The minimum Gasteiger partial charge on any atom is -0.455 e. The smallest absolute Gasteiger partial charge is 0.291 e. The number of amides is 1. The fraction of sp³-hybridized carbons (Fsp3) is 0.308. The van der Waals surface area contributed by atoms with Gasteiger partial charge in [0.25, 0.3) is 5.91 Å². The van der Waals surface area contributed by atoms with Crippen molar-refractivity contribution in [3.05, 3.63) is 82.3 Å². The molecule has 0 atom stereocenters. The third-order valence-electron chi connectivity index (χ3n) is 5.86. The molecule has 0 aliphatic heterocycles. The summed E-state index contributed by atoms with van der Waals surface area (Å²) in [7, 11) is 0. The van der Waals surface area contributed by atoms with E-state index in [1.807, 2.05) is 62.4 Å².